The number of aromatic hydroxyl groups is 1. The molecule has 0 radical (unpaired) electrons. The number of rotatable bonds is 5. The third kappa shape index (κ3) is 6.76. The maximum absolute atomic E-state index is 11.8. The molecule has 0 saturated carbocycles. The average Bonchev–Trinajstić information content (AvgIpc) is 2.36. The van der Waals surface area contributed by atoms with E-state index in [1.54, 1.807) is 12.1 Å². The SMILES string of the molecule is CC(C)(C)NC(=O)CNC(=O)[C@@H](N)Cc1ccc(O)cc1. The van der Waals surface area contributed by atoms with Gasteiger partial charge in [-0.2, -0.15) is 0 Å². The highest BCUT2D eigenvalue weighted by Crippen LogP contribution is 2.10. The van der Waals surface area contributed by atoms with E-state index in [2.05, 4.69) is 10.6 Å². The Morgan fingerprint density at radius 3 is 2.33 bits per heavy atom. The summed E-state index contributed by atoms with van der Waals surface area (Å²) in [7, 11) is 0. The number of nitrogens with two attached hydrogens (primary N) is 1. The summed E-state index contributed by atoms with van der Waals surface area (Å²) < 4.78 is 0. The van der Waals surface area contributed by atoms with E-state index in [0.29, 0.717) is 6.42 Å². The molecule has 0 aliphatic rings. The largest absolute Gasteiger partial charge is 0.508 e. The third-order valence-electron chi connectivity index (χ3n) is 2.67. The first kappa shape index (κ1) is 17.0. The molecule has 0 saturated heterocycles. The van der Waals surface area contributed by atoms with Crippen LogP contribution in [0.2, 0.25) is 0 Å². The van der Waals surface area contributed by atoms with Gasteiger partial charge in [0.1, 0.15) is 5.75 Å². The maximum atomic E-state index is 11.8. The molecule has 1 aromatic carbocycles. The van der Waals surface area contributed by atoms with E-state index in [0.717, 1.165) is 5.56 Å². The summed E-state index contributed by atoms with van der Waals surface area (Å²) in [5, 5.41) is 14.4. The Labute approximate surface area is 124 Å². The van der Waals surface area contributed by atoms with Gasteiger partial charge in [-0.3, -0.25) is 9.59 Å². The number of phenolic OH excluding ortho intramolecular Hbond substituents is 1. The molecular formula is C15H23N3O3. The molecule has 0 aromatic heterocycles. The molecule has 0 unspecified atom stereocenters. The van der Waals surface area contributed by atoms with Gasteiger partial charge in [0, 0.05) is 5.54 Å². The van der Waals surface area contributed by atoms with E-state index in [1.165, 1.54) is 12.1 Å². The van der Waals surface area contributed by atoms with Crippen molar-refractivity contribution in [2.75, 3.05) is 6.54 Å². The Hall–Kier alpha value is -2.08. The summed E-state index contributed by atoms with van der Waals surface area (Å²) >= 11 is 0. The molecule has 21 heavy (non-hydrogen) atoms. The van der Waals surface area contributed by atoms with Crippen molar-refractivity contribution < 1.29 is 14.7 Å². The highest BCUT2D eigenvalue weighted by molar-refractivity contribution is 5.87. The standard InChI is InChI=1S/C15H23N3O3/c1-15(2,3)18-13(20)9-17-14(21)12(16)8-10-4-6-11(19)7-5-10/h4-7,12,19H,8-9,16H2,1-3H3,(H,17,21)(H,18,20)/t12-/m0/s1. The number of phenols is 1. The van der Waals surface area contributed by atoms with Crippen molar-refractivity contribution in [2.24, 2.45) is 5.73 Å². The monoisotopic (exact) mass is 293 g/mol. The van der Waals surface area contributed by atoms with E-state index >= 15 is 0 Å². The molecule has 1 aromatic rings. The van der Waals surface area contributed by atoms with Crippen LogP contribution < -0.4 is 16.4 Å². The van der Waals surface area contributed by atoms with E-state index in [1.807, 2.05) is 20.8 Å². The Kier molecular flexibility index (Phi) is 5.72. The number of carbonyl (C=O) groups is 2. The highest BCUT2D eigenvalue weighted by atomic mass is 16.3. The number of benzene rings is 1. The molecule has 5 N–H and O–H groups in total. The van der Waals surface area contributed by atoms with Crippen molar-refractivity contribution >= 4 is 11.8 Å². The summed E-state index contributed by atoms with van der Waals surface area (Å²) in [6.45, 7) is 5.50. The van der Waals surface area contributed by atoms with E-state index < -0.39 is 6.04 Å². The van der Waals surface area contributed by atoms with E-state index in [4.69, 9.17) is 5.73 Å². The van der Waals surface area contributed by atoms with Gasteiger partial charge in [-0.15, -0.1) is 0 Å². The fraction of sp³-hybridized carbons (Fsp3) is 0.467. The van der Waals surface area contributed by atoms with Crippen molar-refractivity contribution in [2.45, 2.75) is 38.8 Å². The van der Waals surface area contributed by atoms with E-state index in [-0.39, 0.29) is 29.6 Å². The number of hydrogen-bond acceptors (Lipinski definition) is 4. The molecule has 6 nitrogen and oxygen atoms in total. The number of amides is 2. The van der Waals surface area contributed by atoms with Crippen LogP contribution in [0.3, 0.4) is 0 Å². The molecule has 0 heterocycles. The van der Waals surface area contributed by atoms with Crippen LogP contribution in [0.5, 0.6) is 5.75 Å². The van der Waals surface area contributed by atoms with Crippen molar-refractivity contribution in [3.8, 4) is 5.75 Å². The minimum absolute atomic E-state index is 0.0978. The predicted molar refractivity (Wildman–Crippen MR) is 80.7 cm³/mol. The normalized spacial score (nSPS) is 12.6. The second-order valence-corrected chi connectivity index (χ2v) is 5.99. The van der Waals surface area contributed by atoms with Gasteiger partial charge in [0.15, 0.2) is 0 Å². The topological polar surface area (TPSA) is 104 Å². The van der Waals surface area contributed by atoms with Gasteiger partial charge in [0.05, 0.1) is 12.6 Å². The van der Waals surface area contributed by atoms with Crippen molar-refractivity contribution in [3.05, 3.63) is 29.8 Å². The molecule has 2 amide bonds. The number of carbonyl (C=O) groups excluding carboxylic acids is 2. The fourth-order valence-electron chi connectivity index (χ4n) is 1.74. The quantitative estimate of drug-likeness (QED) is 0.626. The molecule has 0 aliphatic heterocycles. The van der Waals surface area contributed by atoms with Crippen LogP contribution in [0.15, 0.2) is 24.3 Å². The zero-order chi connectivity index (χ0) is 16.0. The number of nitrogens with one attached hydrogen (secondary N) is 2. The molecule has 0 bridgehead atoms. The Bertz CT molecular complexity index is 492. The first-order valence-corrected chi connectivity index (χ1v) is 6.79. The number of hydrogen-bond donors (Lipinski definition) is 4. The maximum Gasteiger partial charge on any atom is 0.239 e. The van der Waals surface area contributed by atoms with Crippen LogP contribution in [0.4, 0.5) is 0 Å². The molecule has 1 atom stereocenters. The third-order valence-corrected chi connectivity index (χ3v) is 2.67. The molecule has 0 fully saturated rings. The van der Waals surface area contributed by atoms with Gasteiger partial charge in [0.2, 0.25) is 11.8 Å². The fourth-order valence-corrected chi connectivity index (χ4v) is 1.74. The zero-order valence-electron chi connectivity index (χ0n) is 12.6. The molecular weight excluding hydrogens is 270 g/mol. The van der Waals surface area contributed by atoms with Gasteiger partial charge < -0.3 is 21.5 Å². The Morgan fingerprint density at radius 2 is 1.81 bits per heavy atom. The van der Waals surface area contributed by atoms with E-state index in [9.17, 15) is 14.7 Å². The van der Waals surface area contributed by atoms with Gasteiger partial charge in [-0.05, 0) is 44.9 Å². The first-order chi connectivity index (χ1) is 9.67. The zero-order valence-corrected chi connectivity index (χ0v) is 12.6. The van der Waals surface area contributed by atoms with Gasteiger partial charge in [0.25, 0.3) is 0 Å². The average molecular weight is 293 g/mol. The van der Waals surface area contributed by atoms with Gasteiger partial charge >= 0.3 is 0 Å². The summed E-state index contributed by atoms with van der Waals surface area (Å²) in [5.41, 5.74) is 6.30. The summed E-state index contributed by atoms with van der Waals surface area (Å²) in [6.07, 6.45) is 0.340. The predicted octanol–water partition coefficient (Wildman–Crippen LogP) is 0.293. The Morgan fingerprint density at radius 1 is 1.24 bits per heavy atom. The second-order valence-electron chi connectivity index (χ2n) is 5.99. The summed E-state index contributed by atoms with van der Waals surface area (Å²) in [5.74, 6) is -0.476. The molecule has 6 heteroatoms. The van der Waals surface area contributed by atoms with Gasteiger partial charge in [-0.25, -0.2) is 0 Å². The minimum Gasteiger partial charge on any atom is -0.508 e. The van der Waals surface area contributed by atoms with Crippen molar-refractivity contribution in [1.82, 2.24) is 10.6 Å². The summed E-state index contributed by atoms with van der Waals surface area (Å²) in [4.78, 5) is 23.4. The lowest BCUT2D eigenvalue weighted by atomic mass is 10.1. The molecule has 0 spiro atoms. The smallest absolute Gasteiger partial charge is 0.239 e. The molecule has 116 valence electrons. The Balaban J connectivity index is 2.41. The second kappa shape index (κ2) is 7.08. The van der Waals surface area contributed by atoms with Crippen LogP contribution in [-0.4, -0.2) is 35.0 Å². The highest BCUT2D eigenvalue weighted by Gasteiger charge is 2.17. The first-order valence-electron chi connectivity index (χ1n) is 6.79. The van der Waals surface area contributed by atoms with Crippen LogP contribution >= 0.6 is 0 Å². The van der Waals surface area contributed by atoms with Crippen LogP contribution in [0.25, 0.3) is 0 Å². The van der Waals surface area contributed by atoms with Crippen molar-refractivity contribution in [1.29, 1.82) is 0 Å². The van der Waals surface area contributed by atoms with Crippen LogP contribution in [0, 0.1) is 0 Å². The molecule has 0 aliphatic carbocycles. The molecule has 1 rings (SSSR count). The van der Waals surface area contributed by atoms with Crippen LogP contribution in [-0.2, 0) is 16.0 Å². The minimum atomic E-state index is -0.739. The lowest BCUT2D eigenvalue weighted by Gasteiger charge is -2.21. The van der Waals surface area contributed by atoms with Crippen molar-refractivity contribution in [3.63, 3.8) is 0 Å². The lowest BCUT2D eigenvalue weighted by molar-refractivity contribution is -0.127. The van der Waals surface area contributed by atoms with Gasteiger partial charge in [-0.1, -0.05) is 12.1 Å². The lowest BCUT2D eigenvalue weighted by Crippen LogP contribution is -2.49. The van der Waals surface area contributed by atoms with Crippen LogP contribution in [0.1, 0.15) is 26.3 Å². The summed E-state index contributed by atoms with van der Waals surface area (Å²) in [6, 6.07) is 5.74.